The Morgan fingerprint density at radius 1 is 0.778 bits per heavy atom. The average molecular weight is 381 g/mol. The van der Waals surface area contributed by atoms with Crippen LogP contribution in [0.25, 0.3) is 0 Å². The lowest BCUT2D eigenvalue weighted by Gasteiger charge is -2.32. The van der Waals surface area contributed by atoms with Crippen LogP contribution >= 0.6 is 0 Å². The molecule has 3 nitrogen and oxygen atoms in total. The first-order valence-corrected chi connectivity index (χ1v) is 11.5. The molecular weight excluding hydrogens is 336 g/mol. The number of rotatable bonds is 7. The van der Waals surface area contributed by atoms with Crippen molar-refractivity contribution >= 4 is 6.16 Å². The molecule has 0 atom stereocenters. The highest BCUT2D eigenvalue weighted by Crippen LogP contribution is 2.36. The van der Waals surface area contributed by atoms with E-state index in [9.17, 15) is 4.79 Å². The Hall–Kier alpha value is -0.730. The Labute approximate surface area is 168 Å². The molecule has 2 aliphatic carbocycles. The first kappa shape index (κ1) is 22.6. The molecule has 0 aliphatic heterocycles. The van der Waals surface area contributed by atoms with Crippen LogP contribution in [0.2, 0.25) is 0 Å². The lowest BCUT2D eigenvalue weighted by Crippen LogP contribution is -2.25. The molecular formula is C24H44O3. The molecule has 0 radical (unpaired) electrons. The molecule has 0 unspecified atom stereocenters. The predicted molar refractivity (Wildman–Crippen MR) is 112 cm³/mol. The molecule has 0 saturated heterocycles. The van der Waals surface area contributed by atoms with Crippen molar-refractivity contribution in [3.63, 3.8) is 0 Å². The van der Waals surface area contributed by atoms with Crippen molar-refractivity contribution in [3.05, 3.63) is 0 Å². The van der Waals surface area contributed by atoms with E-state index < -0.39 is 6.16 Å². The van der Waals surface area contributed by atoms with Crippen LogP contribution in [0.3, 0.4) is 0 Å². The molecule has 2 saturated carbocycles. The standard InChI is InChI=1S/C24H44O3/c1-18(2)14-19-6-10-21(11-7-19)16-26-23(25)27-17-22-12-8-20(9-13-22)15-24(3,4)5/h18-22H,6-17H2,1-5H3. The minimum atomic E-state index is -0.448. The zero-order valence-corrected chi connectivity index (χ0v) is 18.6. The molecule has 0 aromatic carbocycles. The summed E-state index contributed by atoms with van der Waals surface area (Å²) in [6, 6.07) is 0. The Morgan fingerprint density at radius 2 is 1.19 bits per heavy atom. The third-order valence-corrected chi connectivity index (χ3v) is 6.51. The SMILES string of the molecule is CC(C)CC1CCC(COC(=O)OCC2CCC(CC(C)(C)C)CC2)CC1. The molecule has 0 N–H and O–H groups in total. The topological polar surface area (TPSA) is 35.5 Å². The third-order valence-electron chi connectivity index (χ3n) is 6.51. The maximum Gasteiger partial charge on any atom is 0.508 e. The number of carbonyl (C=O) groups is 1. The van der Waals surface area contributed by atoms with Crippen molar-refractivity contribution in [2.45, 2.75) is 98.8 Å². The minimum Gasteiger partial charge on any atom is -0.434 e. The van der Waals surface area contributed by atoms with E-state index in [4.69, 9.17) is 9.47 Å². The van der Waals surface area contributed by atoms with E-state index in [1.807, 2.05) is 0 Å². The van der Waals surface area contributed by atoms with Gasteiger partial charge in [-0.3, -0.25) is 0 Å². The van der Waals surface area contributed by atoms with Crippen molar-refractivity contribution in [2.24, 2.45) is 35.0 Å². The summed E-state index contributed by atoms with van der Waals surface area (Å²) in [6.07, 6.45) is 12.1. The summed E-state index contributed by atoms with van der Waals surface area (Å²) in [4.78, 5) is 11.9. The fraction of sp³-hybridized carbons (Fsp3) is 0.958. The maximum atomic E-state index is 11.9. The molecule has 0 aromatic heterocycles. The van der Waals surface area contributed by atoms with E-state index >= 15 is 0 Å². The predicted octanol–water partition coefficient (Wildman–Crippen LogP) is 7.23. The van der Waals surface area contributed by atoms with Crippen molar-refractivity contribution in [1.82, 2.24) is 0 Å². The maximum absolute atomic E-state index is 11.9. The summed E-state index contributed by atoms with van der Waals surface area (Å²) < 4.78 is 10.8. The monoisotopic (exact) mass is 380 g/mol. The molecule has 0 bridgehead atoms. The van der Waals surface area contributed by atoms with Gasteiger partial charge in [0.1, 0.15) is 0 Å². The van der Waals surface area contributed by atoms with Crippen LogP contribution < -0.4 is 0 Å². The molecule has 0 amide bonds. The molecule has 0 spiro atoms. The van der Waals surface area contributed by atoms with Gasteiger partial charge in [-0.2, -0.15) is 0 Å². The molecule has 3 heteroatoms. The molecule has 158 valence electrons. The zero-order chi connectivity index (χ0) is 19.9. The molecule has 0 heterocycles. The van der Waals surface area contributed by atoms with E-state index in [0.29, 0.717) is 30.5 Å². The average Bonchev–Trinajstić information content (AvgIpc) is 2.59. The van der Waals surface area contributed by atoms with Crippen LogP contribution in [0, 0.1) is 35.0 Å². The molecule has 2 fully saturated rings. The van der Waals surface area contributed by atoms with Gasteiger partial charge in [-0.05, 0) is 73.5 Å². The Morgan fingerprint density at radius 3 is 1.59 bits per heavy atom. The van der Waals surface area contributed by atoms with Crippen LogP contribution in [-0.2, 0) is 9.47 Å². The van der Waals surface area contributed by atoms with Gasteiger partial charge in [-0.25, -0.2) is 4.79 Å². The number of ether oxygens (including phenoxy) is 2. The summed E-state index contributed by atoms with van der Waals surface area (Å²) in [5.74, 6) is 3.58. The summed E-state index contributed by atoms with van der Waals surface area (Å²) in [7, 11) is 0. The van der Waals surface area contributed by atoms with Gasteiger partial charge < -0.3 is 9.47 Å². The van der Waals surface area contributed by atoms with Gasteiger partial charge in [0.15, 0.2) is 0 Å². The number of hydrogen-bond donors (Lipinski definition) is 0. The lowest BCUT2D eigenvalue weighted by molar-refractivity contribution is 0.0223. The van der Waals surface area contributed by atoms with Crippen molar-refractivity contribution < 1.29 is 14.3 Å². The Kier molecular flexibility index (Phi) is 8.95. The number of hydrogen-bond acceptors (Lipinski definition) is 3. The van der Waals surface area contributed by atoms with E-state index in [-0.39, 0.29) is 0 Å². The largest absolute Gasteiger partial charge is 0.508 e. The van der Waals surface area contributed by atoms with E-state index in [0.717, 1.165) is 17.8 Å². The first-order chi connectivity index (χ1) is 12.7. The van der Waals surface area contributed by atoms with E-state index in [1.165, 1.54) is 64.2 Å². The zero-order valence-electron chi connectivity index (χ0n) is 18.6. The highest BCUT2D eigenvalue weighted by molar-refractivity contribution is 5.59. The third kappa shape index (κ3) is 9.34. The fourth-order valence-electron chi connectivity index (χ4n) is 5.18. The number of carbonyl (C=O) groups excluding carboxylic acids is 1. The summed E-state index contributed by atoms with van der Waals surface area (Å²) in [5, 5.41) is 0. The molecule has 2 aliphatic rings. The van der Waals surface area contributed by atoms with Crippen LogP contribution in [0.15, 0.2) is 0 Å². The van der Waals surface area contributed by atoms with Gasteiger partial charge in [0.25, 0.3) is 0 Å². The van der Waals surface area contributed by atoms with E-state index in [1.54, 1.807) is 0 Å². The Balaban J connectivity index is 1.53. The quantitative estimate of drug-likeness (QED) is 0.437. The Bertz CT molecular complexity index is 421. The molecule has 0 aromatic rings. The van der Waals surface area contributed by atoms with Gasteiger partial charge >= 0.3 is 6.16 Å². The second kappa shape index (κ2) is 10.7. The van der Waals surface area contributed by atoms with Crippen molar-refractivity contribution in [2.75, 3.05) is 13.2 Å². The minimum absolute atomic E-state index is 0.422. The second-order valence-electron chi connectivity index (χ2n) is 11.0. The van der Waals surface area contributed by atoms with Gasteiger partial charge in [0.2, 0.25) is 0 Å². The highest BCUT2D eigenvalue weighted by atomic mass is 16.7. The van der Waals surface area contributed by atoms with Crippen LogP contribution in [0.1, 0.15) is 98.8 Å². The molecule has 27 heavy (non-hydrogen) atoms. The second-order valence-corrected chi connectivity index (χ2v) is 11.0. The van der Waals surface area contributed by atoms with Crippen molar-refractivity contribution in [3.8, 4) is 0 Å². The fourth-order valence-corrected chi connectivity index (χ4v) is 5.18. The van der Waals surface area contributed by atoms with Gasteiger partial charge in [-0.15, -0.1) is 0 Å². The van der Waals surface area contributed by atoms with Crippen LogP contribution in [0.4, 0.5) is 4.79 Å². The van der Waals surface area contributed by atoms with Gasteiger partial charge in [0.05, 0.1) is 13.2 Å². The normalized spacial score (nSPS) is 29.6. The highest BCUT2D eigenvalue weighted by Gasteiger charge is 2.26. The van der Waals surface area contributed by atoms with Crippen LogP contribution in [0.5, 0.6) is 0 Å². The summed E-state index contributed by atoms with van der Waals surface area (Å²) in [6.45, 7) is 12.7. The lowest BCUT2D eigenvalue weighted by atomic mass is 9.75. The van der Waals surface area contributed by atoms with E-state index in [2.05, 4.69) is 34.6 Å². The van der Waals surface area contributed by atoms with Crippen molar-refractivity contribution in [1.29, 1.82) is 0 Å². The smallest absolute Gasteiger partial charge is 0.434 e. The summed E-state index contributed by atoms with van der Waals surface area (Å²) in [5.41, 5.74) is 0.422. The molecule has 2 rings (SSSR count). The first-order valence-electron chi connectivity index (χ1n) is 11.5. The van der Waals surface area contributed by atoms with Crippen LogP contribution in [-0.4, -0.2) is 19.4 Å². The summed E-state index contributed by atoms with van der Waals surface area (Å²) >= 11 is 0. The van der Waals surface area contributed by atoms with Gasteiger partial charge in [-0.1, -0.05) is 60.3 Å². The van der Waals surface area contributed by atoms with Gasteiger partial charge in [0, 0.05) is 0 Å².